The van der Waals surface area contributed by atoms with Crippen molar-refractivity contribution in [1.29, 1.82) is 0 Å². The van der Waals surface area contributed by atoms with E-state index in [0.717, 1.165) is 18.8 Å². The van der Waals surface area contributed by atoms with Crippen LogP contribution in [0, 0.1) is 0 Å². The summed E-state index contributed by atoms with van der Waals surface area (Å²) < 4.78 is 4.79. The quantitative estimate of drug-likeness (QED) is 0.828. The van der Waals surface area contributed by atoms with Crippen LogP contribution in [-0.4, -0.2) is 32.2 Å². The molecule has 0 aliphatic carbocycles. The molecule has 1 heterocycles. The molecule has 2 rings (SSSR count). The van der Waals surface area contributed by atoms with E-state index in [4.69, 9.17) is 4.74 Å². The van der Waals surface area contributed by atoms with Gasteiger partial charge in [-0.2, -0.15) is 0 Å². The van der Waals surface area contributed by atoms with Crippen LogP contribution < -0.4 is 10.2 Å². The van der Waals surface area contributed by atoms with Gasteiger partial charge in [0.1, 0.15) is 6.04 Å². The lowest BCUT2D eigenvalue weighted by Crippen LogP contribution is -2.29. The molecule has 4 nitrogen and oxygen atoms in total. The van der Waals surface area contributed by atoms with Gasteiger partial charge in [0.2, 0.25) is 0 Å². The van der Waals surface area contributed by atoms with Crippen LogP contribution in [0.5, 0.6) is 0 Å². The van der Waals surface area contributed by atoms with E-state index < -0.39 is 0 Å². The zero-order chi connectivity index (χ0) is 13.7. The van der Waals surface area contributed by atoms with Gasteiger partial charge in [0, 0.05) is 24.5 Å². The van der Waals surface area contributed by atoms with Crippen LogP contribution in [0.3, 0.4) is 0 Å². The second-order valence-corrected chi connectivity index (χ2v) is 4.87. The van der Waals surface area contributed by atoms with Crippen LogP contribution >= 0.6 is 0 Å². The number of ether oxygens (including phenoxy) is 1. The van der Waals surface area contributed by atoms with Gasteiger partial charge in [-0.3, -0.25) is 0 Å². The molecule has 4 heteroatoms. The lowest BCUT2D eigenvalue weighted by molar-refractivity contribution is -0.141. The number of rotatable bonds is 5. The SMILES string of the molecule is CCC(Nc1cccc(N2CCCC2)c1)C(=O)OC. The van der Waals surface area contributed by atoms with Crippen molar-refractivity contribution in [3.8, 4) is 0 Å². The first-order valence-corrected chi connectivity index (χ1v) is 6.94. The second kappa shape index (κ2) is 6.45. The lowest BCUT2D eigenvalue weighted by Gasteiger charge is -2.20. The van der Waals surface area contributed by atoms with E-state index in [0.29, 0.717) is 6.42 Å². The van der Waals surface area contributed by atoms with Gasteiger partial charge in [0.05, 0.1) is 7.11 Å². The number of nitrogens with one attached hydrogen (secondary N) is 1. The Balaban J connectivity index is 2.07. The normalized spacial score (nSPS) is 16.2. The highest BCUT2D eigenvalue weighted by Gasteiger charge is 2.17. The molecule has 0 bridgehead atoms. The van der Waals surface area contributed by atoms with Gasteiger partial charge in [-0.15, -0.1) is 0 Å². The Labute approximate surface area is 114 Å². The monoisotopic (exact) mass is 262 g/mol. The Bertz CT molecular complexity index is 428. The Morgan fingerprint density at radius 3 is 2.79 bits per heavy atom. The molecule has 1 N–H and O–H groups in total. The number of esters is 1. The van der Waals surface area contributed by atoms with E-state index in [9.17, 15) is 4.79 Å². The van der Waals surface area contributed by atoms with Crippen molar-refractivity contribution in [1.82, 2.24) is 0 Å². The maximum absolute atomic E-state index is 11.6. The predicted octanol–water partition coefficient (Wildman–Crippen LogP) is 2.65. The fourth-order valence-corrected chi connectivity index (χ4v) is 2.44. The van der Waals surface area contributed by atoms with Gasteiger partial charge in [-0.25, -0.2) is 4.79 Å². The molecule has 1 aromatic rings. The smallest absolute Gasteiger partial charge is 0.328 e. The summed E-state index contributed by atoms with van der Waals surface area (Å²) in [6.45, 7) is 4.22. The maximum Gasteiger partial charge on any atom is 0.328 e. The largest absolute Gasteiger partial charge is 0.467 e. The summed E-state index contributed by atoms with van der Waals surface area (Å²) in [6, 6.07) is 7.97. The Kier molecular flexibility index (Phi) is 4.66. The maximum atomic E-state index is 11.6. The highest BCUT2D eigenvalue weighted by molar-refractivity contribution is 5.79. The molecule has 19 heavy (non-hydrogen) atoms. The lowest BCUT2D eigenvalue weighted by atomic mass is 10.2. The van der Waals surface area contributed by atoms with E-state index >= 15 is 0 Å². The molecular weight excluding hydrogens is 240 g/mol. The molecule has 1 aliphatic heterocycles. The summed E-state index contributed by atoms with van der Waals surface area (Å²) in [5, 5.41) is 3.24. The second-order valence-electron chi connectivity index (χ2n) is 4.87. The summed E-state index contributed by atoms with van der Waals surface area (Å²) in [5.74, 6) is -0.214. The van der Waals surface area contributed by atoms with Crippen LogP contribution in [-0.2, 0) is 9.53 Å². The predicted molar refractivity (Wildman–Crippen MR) is 77.6 cm³/mol. The van der Waals surface area contributed by atoms with Crippen molar-refractivity contribution in [2.45, 2.75) is 32.2 Å². The van der Waals surface area contributed by atoms with Crippen LogP contribution in [0.1, 0.15) is 26.2 Å². The molecule has 1 fully saturated rings. The van der Waals surface area contributed by atoms with Gasteiger partial charge in [0.15, 0.2) is 0 Å². The minimum absolute atomic E-state index is 0.214. The van der Waals surface area contributed by atoms with E-state index in [1.807, 2.05) is 19.1 Å². The number of carbonyl (C=O) groups excluding carboxylic acids is 1. The van der Waals surface area contributed by atoms with E-state index in [-0.39, 0.29) is 12.0 Å². The van der Waals surface area contributed by atoms with Crippen LogP contribution in [0.2, 0.25) is 0 Å². The first-order valence-electron chi connectivity index (χ1n) is 6.94. The number of hydrogen-bond donors (Lipinski definition) is 1. The molecule has 0 aromatic heterocycles. The molecule has 0 radical (unpaired) electrons. The van der Waals surface area contributed by atoms with Crippen molar-refractivity contribution >= 4 is 17.3 Å². The third-order valence-corrected chi connectivity index (χ3v) is 3.55. The first-order chi connectivity index (χ1) is 9.24. The average Bonchev–Trinajstić information content (AvgIpc) is 2.98. The molecule has 1 saturated heterocycles. The van der Waals surface area contributed by atoms with Crippen LogP contribution in [0.4, 0.5) is 11.4 Å². The minimum atomic E-state index is -0.279. The van der Waals surface area contributed by atoms with Crippen LogP contribution in [0.25, 0.3) is 0 Å². The minimum Gasteiger partial charge on any atom is -0.467 e. The zero-order valence-electron chi connectivity index (χ0n) is 11.7. The Hall–Kier alpha value is -1.71. The first kappa shape index (κ1) is 13.7. The highest BCUT2D eigenvalue weighted by atomic mass is 16.5. The molecular formula is C15H22N2O2. The highest BCUT2D eigenvalue weighted by Crippen LogP contribution is 2.23. The number of benzene rings is 1. The standard InChI is InChI=1S/C15H22N2O2/c1-3-14(15(18)19-2)16-12-7-6-8-13(11-12)17-9-4-5-10-17/h6-8,11,14,16H,3-5,9-10H2,1-2H3. The third kappa shape index (κ3) is 3.40. The number of anilines is 2. The van der Waals surface area contributed by atoms with E-state index in [1.165, 1.54) is 25.6 Å². The fraction of sp³-hybridized carbons (Fsp3) is 0.533. The average molecular weight is 262 g/mol. The molecule has 1 atom stereocenters. The molecule has 1 aliphatic rings. The topological polar surface area (TPSA) is 41.6 Å². The van der Waals surface area contributed by atoms with Crippen molar-refractivity contribution in [2.24, 2.45) is 0 Å². The summed E-state index contributed by atoms with van der Waals surface area (Å²) in [7, 11) is 1.42. The van der Waals surface area contributed by atoms with Crippen molar-refractivity contribution in [2.75, 3.05) is 30.4 Å². The molecule has 0 amide bonds. The number of nitrogens with zero attached hydrogens (tertiary/aromatic N) is 1. The van der Waals surface area contributed by atoms with Gasteiger partial charge in [-0.1, -0.05) is 13.0 Å². The van der Waals surface area contributed by atoms with E-state index in [2.05, 4.69) is 22.3 Å². The molecule has 0 saturated carbocycles. The van der Waals surface area contributed by atoms with Crippen LogP contribution in [0.15, 0.2) is 24.3 Å². The van der Waals surface area contributed by atoms with Gasteiger partial charge < -0.3 is 15.0 Å². The number of carbonyl (C=O) groups is 1. The molecule has 1 unspecified atom stereocenters. The van der Waals surface area contributed by atoms with Crippen molar-refractivity contribution in [3.63, 3.8) is 0 Å². The van der Waals surface area contributed by atoms with Crippen molar-refractivity contribution in [3.05, 3.63) is 24.3 Å². The summed E-state index contributed by atoms with van der Waals surface area (Å²) in [5.41, 5.74) is 2.20. The molecule has 0 spiro atoms. The zero-order valence-corrected chi connectivity index (χ0v) is 11.7. The summed E-state index contributed by atoms with van der Waals surface area (Å²) in [4.78, 5) is 14.0. The molecule has 1 aromatic carbocycles. The Morgan fingerprint density at radius 1 is 1.42 bits per heavy atom. The van der Waals surface area contributed by atoms with Crippen molar-refractivity contribution < 1.29 is 9.53 Å². The van der Waals surface area contributed by atoms with Gasteiger partial charge in [-0.05, 0) is 37.5 Å². The van der Waals surface area contributed by atoms with E-state index in [1.54, 1.807) is 0 Å². The summed E-state index contributed by atoms with van der Waals surface area (Å²) in [6.07, 6.45) is 3.23. The van der Waals surface area contributed by atoms with Gasteiger partial charge in [0.25, 0.3) is 0 Å². The molecule has 104 valence electrons. The Morgan fingerprint density at radius 2 is 2.16 bits per heavy atom. The third-order valence-electron chi connectivity index (χ3n) is 3.55. The number of hydrogen-bond acceptors (Lipinski definition) is 4. The number of methoxy groups -OCH3 is 1. The summed E-state index contributed by atoms with van der Waals surface area (Å²) >= 11 is 0. The van der Waals surface area contributed by atoms with Gasteiger partial charge >= 0.3 is 5.97 Å². The fourth-order valence-electron chi connectivity index (χ4n) is 2.44.